The van der Waals surface area contributed by atoms with E-state index in [-0.39, 0.29) is 17.1 Å². The smallest absolute Gasteiger partial charge is 0.207 e. The fourth-order valence-electron chi connectivity index (χ4n) is 4.13. The van der Waals surface area contributed by atoms with Crippen LogP contribution in [0.1, 0.15) is 40.7 Å². The van der Waals surface area contributed by atoms with Crippen LogP contribution in [-0.2, 0) is 6.61 Å². The number of piperidine rings is 1. The minimum Gasteiger partial charge on any atom is -0.496 e. The number of allylic oxidation sites excluding steroid dienone is 1. The number of benzene rings is 3. The number of methoxy groups -OCH3 is 1. The summed E-state index contributed by atoms with van der Waals surface area (Å²) in [4.78, 5) is 14.9. The number of anilines is 1. The van der Waals surface area contributed by atoms with Gasteiger partial charge in [0.2, 0.25) is 29.1 Å². The van der Waals surface area contributed by atoms with Crippen LogP contribution in [-0.4, -0.2) is 26.0 Å². The Morgan fingerprint density at radius 1 is 0.865 bits per heavy atom. The first kappa shape index (κ1) is 26.2. The summed E-state index contributed by atoms with van der Waals surface area (Å²) in [6.07, 6.45) is 6.46. The van der Waals surface area contributed by atoms with Gasteiger partial charge in [0.1, 0.15) is 12.4 Å². The van der Waals surface area contributed by atoms with E-state index in [9.17, 15) is 26.7 Å². The van der Waals surface area contributed by atoms with Gasteiger partial charge in [0.05, 0.1) is 7.11 Å². The molecular formula is C28H24F5NO3. The van der Waals surface area contributed by atoms with E-state index in [2.05, 4.69) is 4.90 Å². The van der Waals surface area contributed by atoms with Crippen LogP contribution in [0.15, 0.2) is 48.5 Å². The van der Waals surface area contributed by atoms with Gasteiger partial charge in [-0.25, -0.2) is 13.2 Å². The largest absolute Gasteiger partial charge is 0.496 e. The van der Waals surface area contributed by atoms with Crippen LogP contribution in [0.4, 0.5) is 27.6 Å². The summed E-state index contributed by atoms with van der Waals surface area (Å²) < 4.78 is 78.2. The van der Waals surface area contributed by atoms with Gasteiger partial charge >= 0.3 is 0 Å². The topological polar surface area (TPSA) is 38.8 Å². The number of hydrogen-bond donors (Lipinski definition) is 0. The maximum Gasteiger partial charge on any atom is 0.207 e. The summed E-state index contributed by atoms with van der Waals surface area (Å²) in [6, 6.07) is 12.1. The molecule has 3 aromatic rings. The van der Waals surface area contributed by atoms with E-state index in [0.717, 1.165) is 31.6 Å². The third kappa shape index (κ3) is 5.76. The first-order valence-electron chi connectivity index (χ1n) is 11.7. The maximum absolute atomic E-state index is 13.9. The second-order valence-electron chi connectivity index (χ2n) is 8.55. The SMILES string of the molecule is COc1ccc(/C=C/C(=O)c2ccc(N3CCCCC3)cc2)cc1COc1c(F)c(F)c(F)c(F)c1F. The van der Waals surface area contributed by atoms with Crippen molar-refractivity contribution in [2.24, 2.45) is 0 Å². The van der Waals surface area contributed by atoms with Crippen LogP contribution < -0.4 is 14.4 Å². The summed E-state index contributed by atoms with van der Waals surface area (Å²) in [5.41, 5.74) is 2.40. The number of rotatable bonds is 8. The molecule has 1 fully saturated rings. The van der Waals surface area contributed by atoms with Crippen LogP contribution in [0.3, 0.4) is 0 Å². The predicted octanol–water partition coefficient (Wildman–Crippen LogP) is 6.86. The molecule has 1 heterocycles. The molecule has 0 N–H and O–H groups in total. The zero-order chi connectivity index (χ0) is 26.5. The lowest BCUT2D eigenvalue weighted by Gasteiger charge is -2.28. The molecule has 0 atom stereocenters. The van der Waals surface area contributed by atoms with Crippen molar-refractivity contribution in [3.05, 3.63) is 94.3 Å². The van der Waals surface area contributed by atoms with Crippen LogP contribution in [0, 0.1) is 29.1 Å². The van der Waals surface area contributed by atoms with Gasteiger partial charge in [-0.15, -0.1) is 0 Å². The number of nitrogens with zero attached hydrogens (tertiary/aromatic N) is 1. The summed E-state index contributed by atoms with van der Waals surface area (Å²) >= 11 is 0. The van der Waals surface area contributed by atoms with Gasteiger partial charge in [-0.1, -0.05) is 12.1 Å². The third-order valence-electron chi connectivity index (χ3n) is 6.15. The lowest BCUT2D eigenvalue weighted by Crippen LogP contribution is -2.29. The molecule has 194 valence electrons. The molecule has 0 amide bonds. The first-order chi connectivity index (χ1) is 17.8. The Kier molecular flexibility index (Phi) is 8.11. The summed E-state index contributed by atoms with van der Waals surface area (Å²) in [7, 11) is 1.35. The molecule has 1 aliphatic rings. The minimum atomic E-state index is -2.27. The molecule has 0 radical (unpaired) electrons. The Labute approximate surface area is 210 Å². The van der Waals surface area contributed by atoms with E-state index in [1.807, 2.05) is 12.1 Å². The average molecular weight is 517 g/mol. The highest BCUT2D eigenvalue weighted by Gasteiger charge is 2.27. The zero-order valence-corrected chi connectivity index (χ0v) is 20.0. The van der Waals surface area contributed by atoms with Crippen molar-refractivity contribution >= 4 is 17.5 Å². The minimum absolute atomic E-state index is 0.222. The standard InChI is InChI=1S/C28H24F5NO3/c1-36-22-12-6-17(15-19(22)16-37-28-26(32)24(30)23(29)25(31)27(28)33)5-11-21(35)18-7-9-20(10-8-18)34-13-3-2-4-14-34/h5-12,15H,2-4,13-14,16H2,1H3/b11-5+. The van der Waals surface area contributed by atoms with Gasteiger partial charge in [0, 0.05) is 29.9 Å². The molecule has 37 heavy (non-hydrogen) atoms. The Bertz CT molecular complexity index is 1290. The van der Waals surface area contributed by atoms with Crippen LogP contribution in [0.5, 0.6) is 11.5 Å². The lowest BCUT2D eigenvalue weighted by atomic mass is 10.1. The number of halogens is 5. The van der Waals surface area contributed by atoms with Crippen LogP contribution in [0.2, 0.25) is 0 Å². The molecular weight excluding hydrogens is 493 g/mol. The van der Waals surface area contributed by atoms with Crippen molar-refractivity contribution in [3.8, 4) is 11.5 Å². The third-order valence-corrected chi connectivity index (χ3v) is 6.15. The lowest BCUT2D eigenvalue weighted by molar-refractivity contribution is 0.104. The number of ketones is 1. The maximum atomic E-state index is 13.9. The molecule has 0 bridgehead atoms. The zero-order valence-electron chi connectivity index (χ0n) is 20.0. The molecule has 0 spiro atoms. The molecule has 4 rings (SSSR count). The normalized spacial score (nSPS) is 13.7. The summed E-state index contributed by atoms with van der Waals surface area (Å²) in [6.45, 7) is 1.46. The summed E-state index contributed by atoms with van der Waals surface area (Å²) in [5.74, 6) is -11.9. The highest BCUT2D eigenvalue weighted by Crippen LogP contribution is 2.31. The van der Waals surface area contributed by atoms with Crippen molar-refractivity contribution < 1.29 is 36.2 Å². The number of hydrogen-bond acceptors (Lipinski definition) is 4. The molecule has 0 saturated carbocycles. The van der Waals surface area contributed by atoms with Gasteiger partial charge in [0.25, 0.3) is 0 Å². The van der Waals surface area contributed by atoms with Gasteiger partial charge in [-0.3, -0.25) is 4.79 Å². The van der Waals surface area contributed by atoms with E-state index in [1.54, 1.807) is 24.3 Å². The van der Waals surface area contributed by atoms with Crippen LogP contribution >= 0.6 is 0 Å². The highest BCUT2D eigenvalue weighted by atomic mass is 19.2. The second-order valence-corrected chi connectivity index (χ2v) is 8.55. The van der Waals surface area contributed by atoms with Crippen molar-refractivity contribution in [2.45, 2.75) is 25.9 Å². The number of carbonyl (C=O) groups excluding carboxylic acids is 1. The van der Waals surface area contributed by atoms with E-state index < -0.39 is 41.4 Å². The van der Waals surface area contributed by atoms with Crippen molar-refractivity contribution in [1.82, 2.24) is 0 Å². The van der Waals surface area contributed by atoms with E-state index in [1.165, 1.54) is 31.7 Å². The van der Waals surface area contributed by atoms with Crippen molar-refractivity contribution in [3.63, 3.8) is 0 Å². The molecule has 0 aromatic heterocycles. The van der Waals surface area contributed by atoms with Gasteiger partial charge in [-0.2, -0.15) is 8.78 Å². The van der Waals surface area contributed by atoms with Gasteiger partial charge in [-0.05, 0) is 67.3 Å². The Balaban J connectivity index is 1.48. The van der Waals surface area contributed by atoms with E-state index in [4.69, 9.17) is 9.47 Å². The Hall–Kier alpha value is -3.88. The van der Waals surface area contributed by atoms with Crippen LogP contribution in [0.25, 0.3) is 6.08 Å². The molecule has 0 unspecified atom stereocenters. The van der Waals surface area contributed by atoms with E-state index in [0.29, 0.717) is 11.1 Å². The average Bonchev–Trinajstić information content (AvgIpc) is 2.94. The quantitative estimate of drug-likeness (QED) is 0.108. The Morgan fingerprint density at radius 2 is 1.49 bits per heavy atom. The van der Waals surface area contributed by atoms with Crippen molar-refractivity contribution in [1.29, 1.82) is 0 Å². The molecule has 1 saturated heterocycles. The molecule has 1 aliphatic heterocycles. The number of carbonyl (C=O) groups is 1. The predicted molar refractivity (Wildman–Crippen MR) is 129 cm³/mol. The molecule has 4 nitrogen and oxygen atoms in total. The summed E-state index contributed by atoms with van der Waals surface area (Å²) in [5, 5.41) is 0. The highest BCUT2D eigenvalue weighted by molar-refractivity contribution is 6.07. The molecule has 3 aromatic carbocycles. The fraction of sp³-hybridized carbons (Fsp3) is 0.250. The number of ether oxygens (including phenoxy) is 2. The molecule has 9 heteroatoms. The Morgan fingerprint density at radius 3 is 2.11 bits per heavy atom. The fourth-order valence-corrected chi connectivity index (χ4v) is 4.13. The second kappa shape index (κ2) is 11.5. The van der Waals surface area contributed by atoms with Gasteiger partial charge in [0.15, 0.2) is 11.5 Å². The van der Waals surface area contributed by atoms with Gasteiger partial charge < -0.3 is 14.4 Å². The van der Waals surface area contributed by atoms with Crippen molar-refractivity contribution in [2.75, 3.05) is 25.1 Å². The first-order valence-corrected chi connectivity index (χ1v) is 11.7. The van der Waals surface area contributed by atoms with E-state index >= 15 is 0 Å². The monoisotopic (exact) mass is 517 g/mol. The molecule has 0 aliphatic carbocycles.